The van der Waals surface area contributed by atoms with E-state index in [1.165, 1.54) is 0 Å². The number of nitrogens with zero attached hydrogens (tertiary/aromatic N) is 2. The lowest BCUT2D eigenvalue weighted by atomic mass is 10.2. The van der Waals surface area contributed by atoms with E-state index in [9.17, 15) is 4.79 Å². The van der Waals surface area contributed by atoms with Crippen LogP contribution in [-0.4, -0.2) is 60.0 Å². The Morgan fingerprint density at radius 1 is 1.38 bits per heavy atom. The maximum atomic E-state index is 11.5. The molecule has 1 heterocycles. The quantitative estimate of drug-likeness (QED) is 0.459. The summed E-state index contributed by atoms with van der Waals surface area (Å²) in [6.07, 6.45) is 0. The van der Waals surface area contributed by atoms with E-state index in [1.807, 2.05) is 25.6 Å². The molecule has 0 atom stereocenters. The zero-order valence-electron chi connectivity index (χ0n) is 14.0. The number of nitrogens with one attached hydrogen (secondary N) is 2. The molecule has 2 N–H and O–H groups in total. The fourth-order valence-corrected chi connectivity index (χ4v) is 3.28. The van der Waals surface area contributed by atoms with Crippen LogP contribution in [0.4, 0.5) is 0 Å². The second-order valence-corrected chi connectivity index (χ2v) is 8.01. The molecule has 0 saturated carbocycles. The van der Waals surface area contributed by atoms with E-state index < -0.39 is 0 Å². The molecule has 1 aliphatic heterocycles. The minimum atomic E-state index is 0.0298. The van der Waals surface area contributed by atoms with Crippen molar-refractivity contribution in [1.29, 1.82) is 0 Å². The molecule has 1 fully saturated rings. The van der Waals surface area contributed by atoms with Gasteiger partial charge in [0.25, 0.3) is 0 Å². The predicted octanol–water partition coefficient (Wildman–Crippen LogP) is 1.55. The molecule has 1 aliphatic rings. The van der Waals surface area contributed by atoms with Gasteiger partial charge in [0.05, 0.1) is 6.54 Å². The number of aliphatic imine (C=N–C) groups is 1. The molecule has 0 aromatic heterocycles. The summed E-state index contributed by atoms with van der Waals surface area (Å²) >= 11 is 2.01. The lowest BCUT2D eigenvalue weighted by Crippen LogP contribution is -2.51. The van der Waals surface area contributed by atoms with Crippen molar-refractivity contribution in [2.24, 2.45) is 10.9 Å². The maximum Gasteiger partial charge on any atom is 0.222 e. The zero-order chi connectivity index (χ0) is 15.9. The van der Waals surface area contributed by atoms with Gasteiger partial charge >= 0.3 is 0 Å². The van der Waals surface area contributed by atoms with Gasteiger partial charge in [0, 0.05) is 42.6 Å². The molecular formula is C15H30N4OS. The van der Waals surface area contributed by atoms with Crippen LogP contribution in [0.15, 0.2) is 4.99 Å². The van der Waals surface area contributed by atoms with Gasteiger partial charge in [0.1, 0.15) is 0 Å². The molecule has 1 amide bonds. The van der Waals surface area contributed by atoms with Crippen LogP contribution in [0.2, 0.25) is 0 Å². The Morgan fingerprint density at radius 2 is 2.10 bits per heavy atom. The Balaban J connectivity index is 2.51. The summed E-state index contributed by atoms with van der Waals surface area (Å²) in [7, 11) is 0. The first-order valence-electron chi connectivity index (χ1n) is 7.80. The molecule has 0 aromatic rings. The molecule has 1 rings (SSSR count). The van der Waals surface area contributed by atoms with Crippen molar-refractivity contribution < 1.29 is 4.79 Å². The lowest BCUT2D eigenvalue weighted by Gasteiger charge is -2.39. The largest absolute Gasteiger partial charge is 0.357 e. The smallest absolute Gasteiger partial charge is 0.222 e. The molecule has 0 unspecified atom stereocenters. The topological polar surface area (TPSA) is 56.7 Å². The molecule has 0 aliphatic carbocycles. The van der Waals surface area contributed by atoms with Crippen molar-refractivity contribution in [3.05, 3.63) is 0 Å². The van der Waals surface area contributed by atoms with Gasteiger partial charge in [-0.2, -0.15) is 11.8 Å². The monoisotopic (exact) mass is 314 g/mol. The standard InChI is InChI=1S/C15H30N4OS/c1-6-16-14(18-8-7-17-13(20)12(2)3)19-9-10-21-15(4,5)11-19/h12H,6-11H2,1-5H3,(H,16,18)(H,17,20). The van der Waals surface area contributed by atoms with Gasteiger partial charge in [-0.25, -0.2) is 0 Å². The summed E-state index contributed by atoms with van der Waals surface area (Å²) in [6.45, 7) is 14.5. The van der Waals surface area contributed by atoms with Gasteiger partial charge in [-0.1, -0.05) is 13.8 Å². The van der Waals surface area contributed by atoms with E-state index in [4.69, 9.17) is 0 Å². The summed E-state index contributed by atoms with van der Waals surface area (Å²) in [5.41, 5.74) is 0. The van der Waals surface area contributed by atoms with E-state index in [-0.39, 0.29) is 16.6 Å². The minimum absolute atomic E-state index is 0.0298. The van der Waals surface area contributed by atoms with Gasteiger partial charge in [-0.15, -0.1) is 0 Å². The summed E-state index contributed by atoms with van der Waals surface area (Å²) in [5.74, 6) is 2.21. The number of rotatable bonds is 5. The van der Waals surface area contributed by atoms with E-state index in [2.05, 4.69) is 41.3 Å². The normalized spacial score (nSPS) is 18.8. The number of amides is 1. The van der Waals surface area contributed by atoms with E-state index in [0.717, 1.165) is 31.3 Å². The van der Waals surface area contributed by atoms with Gasteiger partial charge < -0.3 is 15.5 Å². The van der Waals surface area contributed by atoms with Gasteiger partial charge in [-0.05, 0) is 20.8 Å². The average molecular weight is 314 g/mol. The Bertz CT molecular complexity index is 369. The fourth-order valence-electron chi connectivity index (χ4n) is 2.17. The zero-order valence-corrected chi connectivity index (χ0v) is 14.8. The first-order chi connectivity index (χ1) is 9.85. The minimum Gasteiger partial charge on any atom is -0.357 e. The SMILES string of the molecule is CCNC(=NCCNC(=O)C(C)C)N1CCSC(C)(C)C1. The fraction of sp³-hybridized carbons (Fsp3) is 0.867. The average Bonchev–Trinajstić information content (AvgIpc) is 2.40. The van der Waals surface area contributed by atoms with Crippen LogP contribution in [0.25, 0.3) is 0 Å². The summed E-state index contributed by atoms with van der Waals surface area (Å²) in [6, 6.07) is 0. The summed E-state index contributed by atoms with van der Waals surface area (Å²) < 4.78 is 0.264. The molecule has 0 radical (unpaired) electrons. The highest BCUT2D eigenvalue weighted by Crippen LogP contribution is 2.29. The Labute approximate surface area is 133 Å². The lowest BCUT2D eigenvalue weighted by molar-refractivity contribution is -0.123. The summed E-state index contributed by atoms with van der Waals surface area (Å²) in [4.78, 5) is 18.5. The summed E-state index contributed by atoms with van der Waals surface area (Å²) in [5, 5.41) is 6.26. The Morgan fingerprint density at radius 3 is 2.67 bits per heavy atom. The van der Waals surface area contributed by atoms with Crippen LogP contribution < -0.4 is 10.6 Å². The van der Waals surface area contributed by atoms with E-state index in [1.54, 1.807) is 0 Å². The van der Waals surface area contributed by atoms with Crippen LogP contribution >= 0.6 is 11.8 Å². The van der Waals surface area contributed by atoms with E-state index >= 15 is 0 Å². The molecule has 21 heavy (non-hydrogen) atoms. The van der Waals surface area contributed by atoms with Gasteiger partial charge in [-0.3, -0.25) is 9.79 Å². The maximum absolute atomic E-state index is 11.5. The van der Waals surface area contributed by atoms with Crippen molar-refractivity contribution >= 4 is 23.6 Å². The number of thioether (sulfide) groups is 1. The van der Waals surface area contributed by atoms with Crippen LogP contribution in [0, 0.1) is 5.92 Å². The van der Waals surface area contributed by atoms with Crippen molar-refractivity contribution in [2.75, 3.05) is 38.5 Å². The van der Waals surface area contributed by atoms with Crippen LogP contribution in [0.5, 0.6) is 0 Å². The predicted molar refractivity (Wildman–Crippen MR) is 91.9 cm³/mol. The molecular weight excluding hydrogens is 284 g/mol. The first kappa shape index (κ1) is 18.1. The number of carbonyl (C=O) groups is 1. The Kier molecular flexibility index (Phi) is 7.35. The third-order valence-electron chi connectivity index (χ3n) is 3.26. The number of hydrogen-bond donors (Lipinski definition) is 2. The number of hydrogen-bond acceptors (Lipinski definition) is 3. The number of guanidine groups is 1. The molecule has 122 valence electrons. The molecule has 0 spiro atoms. The molecule has 5 nitrogen and oxygen atoms in total. The highest BCUT2D eigenvalue weighted by molar-refractivity contribution is 8.00. The second kappa shape index (κ2) is 8.51. The third-order valence-corrected chi connectivity index (χ3v) is 4.55. The molecule has 0 bridgehead atoms. The Hall–Kier alpha value is -0.910. The second-order valence-electron chi connectivity index (χ2n) is 6.21. The van der Waals surface area contributed by atoms with Crippen molar-refractivity contribution in [3.63, 3.8) is 0 Å². The van der Waals surface area contributed by atoms with Crippen LogP contribution in [-0.2, 0) is 4.79 Å². The van der Waals surface area contributed by atoms with Crippen molar-refractivity contribution in [3.8, 4) is 0 Å². The van der Waals surface area contributed by atoms with Crippen LogP contribution in [0.1, 0.15) is 34.6 Å². The van der Waals surface area contributed by atoms with Crippen LogP contribution in [0.3, 0.4) is 0 Å². The van der Waals surface area contributed by atoms with Gasteiger partial charge in [0.2, 0.25) is 5.91 Å². The van der Waals surface area contributed by atoms with Gasteiger partial charge in [0.15, 0.2) is 5.96 Å². The first-order valence-corrected chi connectivity index (χ1v) is 8.79. The molecule has 0 aromatic carbocycles. The molecule has 1 saturated heterocycles. The molecule has 6 heteroatoms. The highest BCUT2D eigenvalue weighted by atomic mass is 32.2. The van der Waals surface area contributed by atoms with Crippen molar-refractivity contribution in [1.82, 2.24) is 15.5 Å². The number of carbonyl (C=O) groups excluding carboxylic acids is 1. The highest BCUT2D eigenvalue weighted by Gasteiger charge is 2.28. The van der Waals surface area contributed by atoms with Crippen molar-refractivity contribution in [2.45, 2.75) is 39.4 Å². The van der Waals surface area contributed by atoms with E-state index in [0.29, 0.717) is 13.1 Å². The third kappa shape index (κ3) is 6.59.